The summed E-state index contributed by atoms with van der Waals surface area (Å²) in [6, 6.07) is 3.75. The minimum atomic E-state index is 0.0855. The third-order valence-corrected chi connectivity index (χ3v) is 4.75. The number of hydrogen-bond donors (Lipinski definition) is 1. The van der Waals surface area contributed by atoms with Gasteiger partial charge in [-0.05, 0) is 31.4 Å². The summed E-state index contributed by atoms with van der Waals surface area (Å²) in [6.07, 6.45) is 5.38. The van der Waals surface area contributed by atoms with E-state index in [4.69, 9.17) is 5.11 Å². The average molecular weight is 318 g/mol. The van der Waals surface area contributed by atoms with Crippen LogP contribution in [0.2, 0.25) is 0 Å². The molecule has 2 fully saturated rings. The minimum absolute atomic E-state index is 0.0855. The lowest BCUT2D eigenvalue weighted by atomic mass is 10.1. The van der Waals surface area contributed by atoms with Gasteiger partial charge in [-0.2, -0.15) is 0 Å². The van der Waals surface area contributed by atoms with Gasteiger partial charge in [0.25, 0.3) is 5.91 Å². The van der Waals surface area contributed by atoms with Crippen LogP contribution in [0.4, 0.5) is 5.82 Å². The predicted molar refractivity (Wildman–Crippen MR) is 89.7 cm³/mol. The number of nitrogens with zero attached hydrogens (tertiary/aromatic N) is 4. The third kappa shape index (κ3) is 3.82. The second kappa shape index (κ2) is 7.75. The zero-order chi connectivity index (χ0) is 16.1. The SMILES string of the molecule is O=C(c1cccnc1N1CCCCC1)N1CCN(CCO)CC1. The summed E-state index contributed by atoms with van der Waals surface area (Å²) in [5, 5.41) is 9.02. The van der Waals surface area contributed by atoms with Gasteiger partial charge in [-0.15, -0.1) is 0 Å². The Labute approximate surface area is 137 Å². The van der Waals surface area contributed by atoms with E-state index in [0.717, 1.165) is 37.6 Å². The Morgan fingerprint density at radius 1 is 1.09 bits per heavy atom. The van der Waals surface area contributed by atoms with Gasteiger partial charge >= 0.3 is 0 Å². The number of aliphatic hydroxyl groups excluding tert-OH is 1. The van der Waals surface area contributed by atoms with Crippen molar-refractivity contribution in [3.63, 3.8) is 0 Å². The fourth-order valence-corrected chi connectivity index (χ4v) is 3.41. The lowest BCUT2D eigenvalue weighted by molar-refractivity contribution is 0.0615. The fourth-order valence-electron chi connectivity index (χ4n) is 3.41. The molecule has 1 aromatic heterocycles. The van der Waals surface area contributed by atoms with Gasteiger partial charge in [-0.3, -0.25) is 9.69 Å². The van der Waals surface area contributed by atoms with Crippen molar-refractivity contribution in [2.75, 3.05) is 57.3 Å². The van der Waals surface area contributed by atoms with Crippen molar-refractivity contribution in [1.29, 1.82) is 0 Å². The quantitative estimate of drug-likeness (QED) is 0.891. The average Bonchev–Trinajstić information content (AvgIpc) is 2.63. The summed E-state index contributed by atoms with van der Waals surface area (Å²) in [7, 11) is 0. The second-order valence-electron chi connectivity index (χ2n) is 6.28. The second-order valence-corrected chi connectivity index (χ2v) is 6.28. The molecule has 0 saturated carbocycles. The number of anilines is 1. The monoisotopic (exact) mass is 318 g/mol. The standard InChI is InChI=1S/C17H26N4O2/c22-14-13-19-9-11-21(12-10-19)17(23)15-5-4-6-18-16(15)20-7-2-1-3-8-20/h4-6,22H,1-3,7-14H2. The minimum Gasteiger partial charge on any atom is -0.395 e. The van der Waals surface area contributed by atoms with Gasteiger partial charge in [0, 0.05) is 52.0 Å². The molecule has 0 atom stereocenters. The topological polar surface area (TPSA) is 59.9 Å². The molecule has 3 heterocycles. The van der Waals surface area contributed by atoms with E-state index in [2.05, 4.69) is 14.8 Å². The molecule has 0 aliphatic carbocycles. The highest BCUT2D eigenvalue weighted by atomic mass is 16.3. The van der Waals surface area contributed by atoms with E-state index in [9.17, 15) is 4.79 Å². The summed E-state index contributed by atoms with van der Waals surface area (Å²) >= 11 is 0. The highest BCUT2D eigenvalue weighted by molar-refractivity contribution is 5.99. The van der Waals surface area contributed by atoms with Crippen molar-refractivity contribution in [2.45, 2.75) is 19.3 Å². The van der Waals surface area contributed by atoms with Crippen LogP contribution in [-0.4, -0.2) is 78.2 Å². The van der Waals surface area contributed by atoms with E-state index >= 15 is 0 Å². The molecule has 126 valence electrons. The van der Waals surface area contributed by atoms with Crippen LogP contribution >= 0.6 is 0 Å². The smallest absolute Gasteiger partial charge is 0.257 e. The van der Waals surface area contributed by atoms with Crippen LogP contribution in [0, 0.1) is 0 Å². The Balaban J connectivity index is 1.70. The number of piperidine rings is 1. The maximum absolute atomic E-state index is 12.9. The third-order valence-electron chi connectivity index (χ3n) is 4.75. The molecular formula is C17H26N4O2. The molecule has 0 aromatic carbocycles. The maximum atomic E-state index is 12.9. The first-order valence-corrected chi connectivity index (χ1v) is 8.62. The largest absolute Gasteiger partial charge is 0.395 e. The molecule has 6 nitrogen and oxygen atoms in total. The number of carbonyl (C=O) groups excluding carboxylic acids is 1. The Bertz CT molecular complexity index is 523. The first kappa shape index (κ1) is 16.2. The first-order chi connectivity index (χ1) is 11.3. The Morgan fingerprint density at radius 2 is 1.83 bits per heavy atom. The highest BCUT2D eigenvalue weighted by Crippen LogP contribution is 2.23. The van der Waals surface area contributed by atoms with Crippen LogP contribution in [0.1, 0.15) is 29.6 Å². The van der Waals surface area contributed by atoms with Gasteiger partial charge in [0.15, 0.2) is 0 Å². The Morgan fingerprint density at radius 3 is 2.52 bits per heavy atom. The van der Waals surface area contributed by atoms with Crippen LogP contribution in [0.5, 0.6) is 0 Å². The van der Waals surface area contributed by atoms with E-state index in [1.165, 1.54) is 19.3 Å². The Kier molecular flexibility index (Phi) is 5.46. The van der Waals surface area contributed by atoms with Crippen molar-refractivity contribution in [3.8, 4) is 0 Å². The summed E-state index contributed by atoms with van der Waals surface area (Å²) < 4.78 is 0. The molecule has 1 aromatic rings. The molecule has 0 spiro atoms. The molecule has 6 heteroatoms. The zero-order valence-electron chi connectivity index (χ0n) is 13.7. The van der Waals surface area contributed by atoms with E-state index in [-0.39, 0.29) is 12.5 Å². The highest BCUT2D eigenvalue weighted by Gasteiger charge is 2.26. The summed E-state index contributed by atoms with van der Waals surface area (Å²) in [5.41, 5.74) is 0.727. The zero-order valence-corrected chi connectivity index (χ0v) is 13.7. The van der Waals surface area contributed by atoms with Gasteiger partial charge in [0.05, 0.1) is 12.2 Å². The fraction of sp³-hybridized carbons (Fsp3) is 0.647. The van der Waals surface area contributed by atoms with Gasteiger partial charge in [-0.1, -0.05) is 0 Å². The molecule has 1 N–H and O–H groups in total. The van der Waals surface area contributed by atoms with Crippen LogP contribution in [0.3, 0.4) is 0 Å². The molecule has 0 radical (unpaired) electrons. The predicted octanol–water partition coefficient (Wildman–Crippen LogP) is 0.822. The van der Waals surface area contributed by atoms with Gasteiger partial charge in [0.1, 0.15) is 5.82 Å². The lowest BCUT2D eigenvalue weighted by Gasteiger charge is -2.35. The van der Waals surface area contributed by atoms with Crippen LogP contribution in [-0.2, 0) is 0 Å². The molecule has 0 unspecified atom stereocenters. The maximum Gasteiger partial charge on any atom is 0.257 e. The van der Waals surface area contributed by atoms with Crippen LogP contribution in [0.15, 0.2) is 18.3 Å². The number of β-amino-alcohol motifs (C(OH)–C–C–N with tert-alkyl or cyclic N) is 1. The number of rotatable bonds is 4. The number of piperazine rings is 1. The molecule has 2 aliphatic rings. The molecule has 2 saturated heterocycles. The van der Waals surface area contributed by atoms with E-state index in [0.29, 0.717) is 19.6 Å². The van der Waals surface area contributed by atoms with E-state index in [1.54, 1.807) is 6.20 Å². The lowest BCUT2D eigenvalue weighted by Crippen LogP contribution is -2.49. The molecule has 3 rings (SSSR count). The van der Waals surface area contributed by atoms with Crippen molar-refractivity contribution in [1.82, 2.24) is 14.8 Å². The number of carbonyl (C=O) groups is 1. The summed E-state index contributed by atoms with van der Waals surface area (Å²) in [5.74, 6) is 0.928. The number of aliphatic hydroxyl groups is 1. The number of pyridine rings is 1. The van der Waals surface area contributed by atoms with Crippen molar-refractivity contribution < 1.29 is 9.90 Å². The first-order valence-electron chi connectivity index (χ1n) is 8.62. The van der Waals surface area contributed by atoms with Crippen molar-refractivity contribution >= 4 is 11.7 Å². The summed E-state index contributed by atoms with van der Waals surface area (Å²) in [4.78, 5) is 23.8. The number of amides is 1. The number of hydrogen-bond acceptors (Lipinski definition) is 5. The van der Waals surface area contributed by atoms with Gasteiger partial charge in [-0.25, -0.2) is 4.98 Å². The van der Waals surface area contributed by atoms with Crippen LogP contribution < -0.4 is 4.90 Å². The van der Waals surface area contributed by atoms with Gasteiger partial charge < -0.3 is 14.9 Å². The number of aromatic nitrogens is 1. The normalized spacial score (nSPS) is 19.9. The Hall–Kier alpha value is -1.66. The van der Waals surface area contributed by atoms with E-state index < -0.39 is 0 Å². The molecule has 23 heavy (non-hydrogen) atoms. The van der Waals surface area contributed by atoms with E-state index in [1.807, 2.05) is 17.0 Å². The van der Waals surface area contributed by atoms with Gasteiger partial charge in [0.2, 0.25) is 0 Å². The molecule has 2 aliphatic heterocycles. The molecule has 1 amide bonds. The van der Waals surface area contributed by atoms with Crippen molar-refractivity contribution in [3.05, 3.63) is 23.9 Å². The molecular weight excluding hydrogens is 292 g/mol. The summed E-state index contributed by atoms with van der Waals surface area (Å²) in [6.45, 7) is 5.92. The van der Waals surface area contributed by atoms with Crippen molar-refractivity contribution in [2.24, 2.45) is 0 Å². The molecule has 0 bridgehead atoms. The van der Waals surface area contributed by atoms with Crippen LogP contribution in [0.25, 0.3) is 0 Å².